The first kappa shape index (κ1) is 15.4. The van der Waals surface area contributed by atoms with Crippen molar-refractivity contribution in [3.05, 3.63) is 11.1 Å². The molecule has 2 atom stereocenters. The fourth-order valence-corrected chi connectivity index (χ4v) is 2.97. The molecule has 0 spiro atoms. The highest BCUT2D eigenvalue weighted by molar-refractivity contribution is 7.13. The lowest BCUT2D eigenvalue weighted by Crippen LogP contribution is -2.30. The van der Waals surface area contributed by atoms with Crippen molar-refractivity contribution in [3.8, 4) is 0 Å². The standard InChI is InChI=1S/C14H23N3O2S/c1-3-6-15-10(2)12-9-20-14(16-12)17-13(18)11-5-4-7-19-8-11/h9-11,15H,3-8H2,1-2H3,(H,16,17,18). The number of carbonyl (C=O) groups is 1. The zero-order chi connectivity index (χ0) is 14.4. The van der Waals surface area contributed by atoms with Crippen molar-refractivity contribution >= 4 is 22.4 Å². The Hall–Kier alpha value is -0.980. The number of ether oxygens (including phenoxy) is 1. The van der Waals surface area contributed by atoms with E-state index in [4.69, 9.17) is 4.74 Å². The van der Waals surface area contributed by atoms with Gasteiger partial charge in [-0.05, 0) is 32.7 Å². The van der Waals surface area contributed by atoms with E-state index in [1.165, 1.54) is 11.3 Å². The van der Waals surface area contributed by atoms with Crippen molar-refractivity contribution in [2.75, 3.05) is 25.1 Å². The van der Waals surface area contributed by atoms with Crippen molar-refractivity contribution < 1.29 is 9.53 Å². The van der Waals surface area contributed by atoms with E-state index in [-0.39, 0.29) is 17.9 Å². The van der Waals surface area contributed by atoms with Crippen LogP contribution in [0.15, 0.2) is 5.38 Å². The molecule has 112 valence electrons. The number of hydrogen-bond acceptors (Lipinski definition) is 5. The maximum atomic E-state index is 12.1. The third kappa shape index (κ3) is 4.26. The van der Waals surface area contributed by atoms with Gasteiger partial charge in [0.05, 0.1) is 18.2 Å². The zero-order valence-electron chi connectivity index (χ0n) is 12.1. The molecule has 2 N–H and O–H groups in total. The third-order valence-corrected chi connectivity index (χ3v) is 4.20. The summed E-state index contributed by atoms with van der Waals surface area (Å²) >= 11 is 1.48. The van der Waals surface area contributed by atoms with Crippen molar-refractivity contribution in [1.82, 2.24) is 10.3 Å². The largest absolute Gasteiger partial charge is 0.381 e. The van der Waals surface area contributed by atoms with Gasteiger partial charge in [-0.25, -0.2) is 4.98 Å². The molecule has 0 bridgehead atoms. The summed E-state index contributed by atoms with van der Waals surface area (Å²) in [6.45, 7) is 6.49. The van der Waals surface area contributed by atoms with Crippen LogP contribution in [0.4, 0.5) is 5.13 Å². The highest BCUT2D eigenvalue weighted by Crippen LogP contribution is 2.22. The van der Waals surface area contributed by atoms with Gasteiger partial charge in [0.25, 0.3) is 0 Å². The van der Waals surface area contributed by atoms with E-state index in [0.717, 1.165) is 38.1 Å². The Bertz CT molecular complexity index is 430. The molecule has 1 aromatic rings. The molecule has 0 aromatic carbocycles. The van der Waals surface area contributed by atoms with Crippen LogP contribution >= 0.6 is 11.3 Å². The molecule has 2 heterocycles. The van der Waals surface area contributed by atoms with Crippen LogP contribution in [0.1, 0.15) is 44.8 Å². The topological polar surface area (TPSA) is 63.2 Å². The molecule has 6 heteroatoms. The van der Waals surface area contributed by atoms with Gasteiger partial charge in [0.15, 0.2) is 5.13 Å². The second-order valence-electron chi connectivity index (χ2n) is 5.16. The van der Waals surface area contributed by atoms with Crippen LogP contribution < -0.4 is 10.6 Å². The summed E-state index contributed by atoms with van der Waals surface area (Å²) in [4.78, 5) is 16.6. The van der Waals surface area contributed by atoms with E-state index in [2.05, 4.69) is 29.5 Å². The van der Waals surface area contributed by atoms with E-state index in [1.54, 1.807) is 0 Å². The molecule has 2 unspecified atom stereocenters. The van der Waals surface area contributed by atoms with E-state index in [1.807, 2.05) is 5.38 Å². The lowest BCUT2D eigenvalue weighted by atomic mass is 10.0. The average Bonchev–Trinajstić information content (AvgIpc) is 2.94. The van der Waals surface area contributed by atoms with Crippen molar-refractivity contribution in [2.24, 2.45) is 5.92 Å². The van der Waals surface area contributed by atoms with E-state index < -0.39 is 0 Å². The van der Waals surface area contributed by atoms with Crippen LogP contribution in [0.3, 0.4) is 0 Å². The summed E-state index contributed by atoms with van der Waals surface area (Å²) in [6, 6.07) is 0.217. The molecule has 1 amide bonds. The fraction of sp³-hybridized carbons (Fsp3) is 0.714. The van der Waals surface area contributed by atoms with Crippen molar-refractivity contribution in [3.63, 3.8) is 0 Å². The first-order chi connectivity index (χ1) is 9.70. The molecule has 1 aromatic heterocycles. The molecule has 1 saturated heterocycles. The number of aromatic nitrogens is 1. The minimum absolute atomic E-state index is 0.0276. The predicted octanol–water partition coefficient (Wildman–Crippen LogP) is 2.57. The number of carbonyl (C=O) groups excluding carboxylic acids is 1. The summed E-state index contributed by atoms with van der Waals surface area (Å²) in [5.74, 6) is -0.00786. The van der Waals surface area contributed by atoms with Crippen LogP contribution in [0.5, 0.6) is 0 Å². The Kier molecular flexibility index (Phi) is 5.94. The number of nitrogens with one attached hydrogen (secondary N) is 2. The van der Waals surface area contributed by atoms with Gasteiger partial charge < -0.3 is 15.4 Å². The maximum Gasteiger partial charge on any atom is 0.231 e. The summed E-state index contributed by atoms with van der Waals surface area (Å²) in [7, 11) is 0. The Morgan fingerprint density at radius 3 is 3.20 bits per heavy atom. The van der Waals surface area contributed by atoms with Gasteiger partial charge in [0.2, 0.25) is 5.91 Å². The molecule has 2 rings (SSSR count). The molecule has 0 saturated carbocycles. The quantitative estimate of drug-likeness (QED) is 0.847. The molecular formula is C14H23N3O2S. The van der Waals surface area contributed by atoms with Crippen LogP contribution in [0, 0.1) is 5.92 Å². The number of amides is 1. The molecule has 1 fully saturated rings. The molecular weight excluding hydrogens is 274 g/mol. The smallest absolute Gasteiger partial charge is 0.231 e. The highest BCUT2D eigenvalue weighted by Gasteiger charge is 2.22. The monoisotopic (exact) mass is 297 g/mol. The van der Waals surface area contributed by atoms with Gasteiger partial charge in [0.1, 0.15) is 0 Å². The molecule has 0 aliphatic carbocycles. The molecule has 1 aliphatic rings. The van der Waals surface area contributed by atoms with Gasteiger partial charge in [0, 0.05) is 18.0 Å². The Morgan fingerprint density at radius 1 is 1.65 bits per heavy atom. The molecule has 0 radical (unpaired) electrons. The van der Waals surface area contributed by atoms with Crippen molar-refractivity contribution in [2.45, 2.75) is 39.2 Å². The summed E-state index contributed by atoms with van der Waals surface area (Å²) in [5.41, 5.74) is 0.985. The van der Waals surface area contributed by atoms with Gasteiger partial charge in [-0.15, -0.1) is 11.3 Å². The average molecular weight is 297 g/mol. The first-order valence-corrected chi connectivity index (χ1v) is 8.16. The Balaban J connectivity index is 1.86. The first-order valence-electron chi connectivity index (χ1n) is 7.28. The SMILES string of the molecule is CCCNC(C)c1csc(NC(=O)C2CCCOC2)n1. The summed E-state index contributed by atoms with van der Waals surface area (Å²) in [5, 5.41) is 8.98. The van der Waals surface area contributed by atoms with Crippen LogP contribution in [-0.4, -0.2) is 30.6 Å². The predicted molar refractivity (Wildman–Crippen MR) is 81.0 cm³/mol. The number of hydrogen-bond donors (Lipinski definition) is 2. The Morgan fingerprint density at radius 2 is 2.50 bits per heavy atom. The highest BCUT2D eigenvalue weighted by atomic mass is 32.1. The zero-order valence-corrected chi connectivity index (χ0v) is 13.0. The minimum atomic E-state index is -0.0354. The van der Waals surface area contributed by atoms with Gasteiger partial charge in [-0.2, -0.15) is 0 Å². The number of rotatable bonds is 6. The normalized spacial score (nSPS) is 20.6. The molecule has 5 nitrogen and oxygen atoms in total. The maximum absolute atomic E-state index is 12.1. The van der Waals surface area contributed by atoms with Gasteiger partial charge in [-0.3, -0.25) is 4.79 Å². The van der Waals surface area contributed by atoms with Crippen LogP contribution in [0.25, 0.3) is 0 Å². The molecule has 1 aliphatic heterocycles. The second-order valence-corrected chi connectivity index (χ2v) is 6.01. The van der Waals surface area contributed by atoms with E-state index >= 15 is 0 Å². The minimum Gasteiger partial charge on any atom is -0.381 e. The van der Waals surface area contributed by atoms with Gasteiger partial charge in [-0.1, -0.05) is 6.92 Å². The fourth-order valence-electron chi connectivity index (χ4n) is 2.16. The van der Waals surface area contributed by atoms with E-state index in [0.29, 0.717) is 11.7 Å². The van der Waals surface area contributed by atoms with Crippen molar-refractivity contribution in [1.29, 1.82) is 0 Å². The van der Waals surface area contributed by atoms with Crippen LogP contribution in [0.2, 0.25) is 0 Å². The third-order valence-electron chi connectivity index (χ3n) is 3.43. The van der Waals surface area contributed by atoms with Gasteiger partial charge >= 0.3 is 0 Å². The number of anilines is 1. The number of nitrogens with zero attached hydrogens (tertiary/aromatic N) is 1. The lowest BCUT2D eigenvalue weighted by Gasteiger charge is -2.20. The van der Waals surface area contributed by atoms with Crippen LogP contribution in [-0.2, 0) is 9.53 Å². The van der Waals surface area contributed by atoms with E-state index in [9.17, 15) is 4.79 Å². The Labute approximate surface area is 124 Å². The lowest BCUT2D eigenvalue weighted by molar-refractivity contribution is -0.123. The summed E-state index contributed by atoms with van der Waals surface area (Å²) < 4.78 is 5.34. The second kappa shape index (κ2) is 7.71. The summed E-state index contributed by atoms with van der Waals surface area (Å²) in [6.07, 6.45) is 2.96. The number of thiazole rings is 1. The molecule has 20 heavy (non-hydrogen) atoms.